The van der Waals surface area contributed by atoms with Gasteiger partial charge in [-0.05, 0) is 43.4 Å². The van der Waals surface area contributed by atoms with Crippen LogP contribution in [0.5, 0.6) is 5.88 Å². The van der Waals surface area contributed by atoms with Crippen molar-refractivity contribution < 1.29 is 29.7 Å². The Kier molecular flexibility index (Phi) is 10.3. The van der Waals surface area contributed by atoms with Gasteiger partial charge in [0.25, 0.3) is 5.09 Å². The van der Waals surface area contributed by atoms with Crippen LogP contribution < -0.4 is 4.90 Å². The van der Waals surface area contributed by atoms with Gasteiger partial charge in [-0.3, -0.25) is 9.69 Å². The van der Waals surface area contributed by atoms with Crippen molar-refractivity contribution >= 4 is 39.9 Å². The third-order valence-corrected chi connectivity index (χ3v) is 7.29. The number of carbonyl (C=O) groups excluding carboxylic acids is 2. The molecule has 0 spiro atoms. The van der Waals surface area contributed by atoms with Gasteiger partial charge in [0.15, 0.2) is 5.88 Å². The summed E-state index contributed by atoms with van der Waals surface area (Å²) >= 11 is 0. The second kappa shape index (κ2) is 14.3. The van der Waals surface area contributed by atoms with Crippen molar-refractivity contribution in [1.29, 1.82) is 0 Å². The minimum atomic E-state index is -1.50. The second-order valence-corrected chi connectivity index (χ2v) is 10.2. The molecule has 0 saturated carbocycles. The number of hydrogen-bond acceptors (Lipinski definition) is 9. The van der Waals surface area contributed by atoms with Gasteiger partial charge in [-0.2, -0.15) is 0 Å². The number of anilines is 1. The van der Waals surface area contributed by atoms with Gasteiger partial charge in [-0.1, -0.05) is 36.4 Å². The third kappa shape index (κ3) is 7.76. The van der Waals surface area contributed by atoms with Crippen molar-refractivity contribution in [2.45, 2.75) is 0 Å². The lowest BCUT2D eigenvalue weighted by Crippen LogP contribution is -2.48. The molecule has 3 N–H and O–H groups in total. The summed E-state index contributed by atoms with van der Waals surface area (Å²) in [6, 6.07) is 22.2. The van der Waals surface area contributed by atoms with E-state index < -0.39 is 11.1 Å². The van der Waals surface area contributed by atoms with E-state index >= 15 is 0 Å². The Morgan fingerprint density at radius 1 is 1.02 bits per heavy atom. The highest BCUT2D eigenvalue weighted by Gasteiger charge is 2.21. The molecule has 5 rings (SSSR count). The average Bonchev–Trinajstić information content (AvgIpc) is 3.35. The minimum Gasteiger partial charge on any atom is -0.494 e. The number of ether oxygens (including phenoxy) is 1. The number of carbonyl (C=O) groups is 2. The SMILES string of the molecule is COC(=O)c1ccc2c(C(=Nc3ccc(N(C)C(=O)CN4CCN(C)CC4)cc3)c3ccccc3)c(O)[nH]c2c1.O=[N+]([O-])O. The summed E-state index contributed by atoms with van der Waals surface area (Å²) in [5.74, 6) is -0.465. The van der Waals surface area contributed by atoms with Crippen molar-refractivity contribution in [2.75, 3.05) is 58.8 Å². The summed E-state index contributed by atoms with van der Waals surface area (Å²) in [6.07, 6.45) is 0. The molecule has 230 valence electrons. The van der Waals surface area contributed by atoms with Crippen LogP contribution in [0.3, 0.4) is 0 Å². The Hall–Kier alpha value is -5.27. The summed E-state index contributed by atoms with van der Waals surface area (Å²) < 4.78 is 4.83. The van der Waals surface area contributed by atoms with Crippen molar-refractivity contribution in [3.05, 3.63) is 99.6 Å². The molecule has 1 amide bonds. The number of fused-ring (bicyclic) bond motifs is 1. The topological polar surface area (TPSA) is 165 Å². The summed E-state index contributed by atoms with van der Waals surface area (Å²) in [5, 5.41) is 25.3. The Labute approximate surface area is 253 Å². The molecule has 1 saturated heterocycles. The Bertz CT molecular complexity index is 1640. The first-order valence-corrected chi connectivity index (χ1v) is 13.8. The number of nitrogens with one attached hydrogen (secondary N) is 1. The van der Waals surface area contributed by atoms with E-state index in [-0.39, 0.29) is 11.8 Å². The lowest BCUT2D eigenvalue weighted by molar-refractivity contribution is -0.742. The van der Waals surface area contributed by atoms with E-state index in [1.807, 2.05) is 54.6 Å². The Morgan fingerprint density at radius 3 is 2.27 bits per heavy atom. The number of benzene rings is 3. The van der Waals surface area contributed by atoms with Gasteiger partial charge in [0.2, 0.25) is 5.91 Å². The molecule has 1 aliphatic heterocycles. The number of nitrogens with zero attached hydrogens (tertiary/aromatic N) is 5. The van der Waals surface area contributed by atoms with Crippen molar-refractivity contribution in [1.82, 2.24) is 14.8 Å². The Balaban J connectivity index is 0.00000104. The fourth-order valence-electron chi connectivity index (χ4n) is 4.86. The molecule has 0 unspecified atom stereocenters. The Morgan fingerprint density at radius 2 is 1.66 bits per heavy atom. The van der Waals surface area contributed by atoms with E-state index in [0.29, 0.717) is 34.6 Å². The number of aliphatic imine (C=N–C) groups is 1. The number of aromatic nitrogens is 1. The van der Waals surface area contributed by atoms with Gasteiger partial charge in [0, 0.05) is 55.4 Å². The molecule has 0 bridgehead atoms. The van der Waals surface area contributed by atoms with Crippen LogP contribution in [0.25, 0.3) is 10.9 Å². The van der Waals surface area contributed by atoms with Crippen LogP contribution in [0.2, 0.25) is 0 Å². The fraction of sp³-hybridized carbons (Fsp3) is 0.258. The molecular formula is C31H34N6O7. The summed E-state index contributed by atoms with van der Waals surface area (Å²) in [7, 11) is 5.22. The van der Waals surface area contributed by atoms with Gasteiger partial charge in [0.1, 0.15) is 0 Å². The molecule has 13 heteroatoms. The normalized spacial score (nSPS) is 14.0. The quantitative estimate of drug-likeness (QED) is 0.124. The molecule has 0 aliphatic carbocycles. The van der Waals surface area contributed by atoms with E-state index in [2.05, 4.69) is 21.8 Å². The maximum absolute atomic E-state index is 12.9. The van der Waals surface area contributed by atoms with Crippen molar-refractivity contribution in [3.63, 3.8) is 0 Å². The number of H-pyrrole nitrogens is 1. The minimum absolute atomic E-state index is 0.0424. The van der Waals surface area contributed by atoms with Crippen LogP contribution in [0, 0.1) is 10.1 Å². The predicted octanol–water partition coefficient (Wildman–Crippen LogP) is 3.69. The molecular weight excluding hydrogens is 568 g/mol. The number of aromatic hydroxyl groups is 1. The molecule has 1 aliphatic rings. The highest BCUT2D eigenvalue weighted by atomic mass is 16.9. The number of likely N-dealkylation sites (N-methyl/N-ethyl adjacent to an activating group) is 2. The number of hydrogen-bond donors (Lipinski definition) is 3. The first kappa shape index (κ1) is 31.7. The second-order valence-electron chi connectivity index (χ2n) is 10.2. The summed E-state index contributed by atoms with van der Waals surface area (Å²) in [6.45, 7) is 4.09. The van der Waals surface area contributed by atoms with Crippen LogP contribution in [0.15, 0.2) is 77.8 Å². The maximum atomic E-state index is 12.9. The standard InChI is InChI=1S/C31H33N5O4.HNO3/c1-34-15-17-36(18-16-34)20-27(37)35(2)24-12-10-23(11-13-24)32-29(21-7-5-4-6-8-21)28-25-14-9-22(31(39)40-3)19-26(25)33-30(28)38;2-1(3)4/h4-14,19,33,38H,15-18,20H2,1-3H3;(H,2,3,4). The number of esters is 1. The van der Waals surface area contributed by atoms with E-state index in [4.69, 9.17) is 25.1 Å². The lowest BCUT2D eigenvalue weighted by Gasteiger charge is -2.32. The molecule has 0 atom stereocenters. The van der Waals surface area contributed by atoms with Gasteiger partial charge in [0.05, 0.1) is 36.2 Å². The number of methoxy groups -OCH3 is 1. The number of amides is 1. The molecule has 44 heavy (non-hydrogen) atoms. The largest absolute Gasteiger partial charge is 0.494 e. The van der Waals surface area contributed by atoms with Gasteiger partial charge in [-0.15, -0.1) is 10.1 Å². The van der Waals surface area contributed by atoms with E-state index in [9.17, 15) is 14.7 Å². The smallest absolute Gasteiger partial charge is 0.337 e. The fourth-order valence-corrected chi connectivity index (χ4v) is 4.86. The molecule has 13 nitrogen and oxygen atoms in total. The van der Waals surface area contributed by atoms with E-state index in [1.165, 1.54) is 7.11 Å². The van der Waals surface area contributed by atoms with E-state index in [0.717, 1.165) is 42.8 Å². The molecule has 2 heterocycles. The average molecular weight is 603 g/mol. The maximum Gasteiger partial charge on any atom is 0.337 e. The van der Waals surface area contributed by atoms with Crippen LogP contribution in [0.4, 0.5) is 11.4 Å². The monoisotopic (exact) mass is 602 g/mol. The van der Waals surface area contributed by atoms with Crippen LogP contribution in [0.1, 0.15) is 21.5 Å². The molecule has 1 aromatic heterocycles. The molecule has 1 fully saturated rings. The zero-order valence-corrected chi connectivity index (χ0v) is 24.6. The lowest BCUT2D eigenvalue weighted by atomic mass is 10.00. The predicted molar refractivity (Wildman–Crippen MR) is 166 cm³/mol. The van der Waals surface area contributed by atoms with Crippen LogP contribution in [-0.2, 0) is 9.53 Å². The van der Waals surface area contributed by atoms with Crippen LogP contribution >= 0.6 is 0 Å². The zero-order chi connectivity index (χ0) is 31.8. The van der Waals surface area contributed by atoms with E-state index in [1.54, 1.807) is 30.1 Å². The molecule has 4 aromatic rings. The third-order valence-electron chi connectivity index (χ3n) is 7.29. The van der Waals surface area contributed by atoms with Gasteiger partial charge >= 0.3 is 5.97 Å². The summed E-state index contributed by atoms with van der Waals surface area (Å²) in [5.41, 5.74) is 4.34. The first-order chi connectivity index (χ1) is 21.1. The van der Waals surface area contributed by atoms with Crippen molar-refractivity contribution in [3.8, 4) is 5.88 Å². The van der Waals surface area contributed by atoms with Gasteiger partial charge in [-0.25, -0.2) is 9.79 Å². The summed E-state index contributed by atoms with van der Waals surface area (Å²) in [4.78, 5) is 47.3. The zero-order valence-electron chi connectivity index (χ0n) is 24.6. The molecule has 3 aromatic carbocycles. The number of aromatic amines is 1. The highest BCUT2D eigenvalue weighted by molar-refractivity contribution is 6.22. The van der Waals surface area contributed by atoms with Crippen LogP contribution in [-0.4, -0.2) is 102 Å². The number of rotatable bonds is 7. The molecule has 0 radical (unpaired) electrons. The van der Waals surface area contributed by atoms with Crippen molar-refractivity contribution in [2.24, 2.45) is 4.99 Å². The van der Waals surface area contributed by atoms with Gasteiger partial charge < -0.3 is 29.8 Å². The number of piperazine rings is 1. The highest BCUT2D eigenvalue weighted by Crippen LogP contribution is 2.32. The first-order valence-electron chi connectivity index (χ1n) is 13.8.